The van der Waals surface area contributed by atoms with Crippen LogP contribution in [0.3, 0.4) is 0 Å². The second-order valence-electron chi connectivity index (χ2n) is 8.86. The molecule has 3 aliphatic heterocycles. The van der Waals surface area contributed by atoms with Gasteiger partial charge in [0.15, 0.2) is 5.96 Å². The topological polar surface area (TPSA) is 63.7 Å². The maximum absolute atomic E-state index is 12.8. The van der Waals surface area contributed by atoms with E-state index >= 15 is 0 Å². The summed E-state index contributed by atoms with van der Waals surface area (Å²) < 4.78 is 5.51. The van der Waals surface area contributed by atoms with E-state index in [1.165, 1.54) is 11.3 Å². The Morgan fingerprint density at radius 1 is 1.00 bits per heavy atom. The largest absolute Gasteiger partial charge is 0.378 e. The molecule has 1 N–H and O–H groups in total. The van der Waals surface area contributed by atoms with Gasteiger partial charge in [0.2, 0.25) is 5.91 Å². The van der Waals surface area contributed by atoms with Crippen molar-refractivity contribution < 1.29 is 9.53 Å². The number of rotatable bonds is 5. The number of benzene rings is 1. The van der Waals surface area contributed by atoms with Crippen LogP contribution in [-0.2, 0) is 16.1 Å². The summed E-state index contributed by atoms with van der Waals surface area (Å²) in [4.78, 5) is 26.4. The van der Waals surface area contributed by atoms with Crippen molar-refractivity contribution in [2.45, 2.75) is 32.4 Å². The molecule has 4 rings (SSSR count). The van der Waals surface area contributed by atoms with Crippen molar-refractivity contribution in [3.8, 4) is 0 Å². The minimum absolute atomic E-state index is 0. The number of hydrogen-bond acceptors (Lipinski definition) is 5. The van der Waals surface area contributed by atoms with Crippen LogP contribution in [0.2, 0.25) is 0 Å². The molecule has 33 heavy (non-hydrogen) atoms. The lowest BCUT2D eigenvalue weighted by molar-refractivity contribution is -0.135. The quantitative estimate of drug-likeness (QED) is 0.332. The van der Waals surface area contributed by atoms with Crippen LogP contribution in [0.5, 0.6) is 0 Å². The molecule has 0 aliphatic carbocycles. The summed E-state index contributed by atoms with van der Waals surface area (Å²) in [6.07, 6.45) is 2.28. The Balaban J connectivity index is 0.00000306. The lowest BCUT2D eigenvalue weighted by Gasteiger charge is -2.39. The van der Waals surface area contributed by atoms with Gasteiger partial charge in [0.1, 0.15) is 0 Å². The zero-order chi connectivity index (χ0) is 22.3. The molecule has 3 heterocycles. The van der Waals surface area contributed by atoms with Crippen LogP contribution in [0.1, 0.15) is 25.3 Å². The Morgan fingerprint density at radius 3 is 2.33 bits per heavy atom. The molecule has 1 amide bonds. The number of nitrogens with zero attached hydrogens (tertiary/aromatic N) is 5. The van der Waals surface area contributed by atoms with Crippen LogP contribution in [-0.4, -0.2) is 105 Å². The van der Waals surface area contributed by atoms with Crippen LogP contribution in [0.15, 0.2) is 29.3 Å². The van der Waals surface area contributed by atoms with E-state index in [-0.39, 0.29) is 35.9 Å². The van der Waals surface area contributed by atoms with Gasteiger partial charge in [-0.3, -0.25) is 14.7 Å². The molecule has 1 aromatic rings. The van der Waals surface area contributed by atoms with Gasteiger partial charge in [-0.1, -0.05) is 18.2 Å². The van der Waals surface area contributed by atoms with Gasteiger partial charge in [-0.05, 0) is 31.4 Å². The number of para-hydroxylation sites is 1. The Bertz CT molecular complexity index is 787. The fourth-order valence-electron chi connectivity index (χ4n) is 4.96. The number of nitrogens with one attached hydrogen (secondary N) is 1. The summed E-state index contributed by atoms with van der Waals surface area (Å²) in [7, 11) is 1.85. The average Bonchev–Trinajstić information content (AvgIpc) is 3.40. The first kappa shape index (κ1) is 26.0. The molecular weight excluding hydrogens is 531 g/mol. The zero-order valence-corrected chi connectivity index (χ0v) is 22.4. The molecule has 9 heteroatoms. The molecule has 3 aliphatic rings. The third kappa shape index (κ3) is 6.51. The highest BCUT2D eigenvalue weighted by Gasteiger charge is 2.30. The molecule has 0 radical (unpaired) electrons. The predicted molar refractivity (Wildman–Crippen MR) is 144 cm³/mol. The number of morpholine rings is 1. The lowest BCUT2D eigenvalue weighted by atomic mass is 10.1. The Morgan fingerprint density at radius 2 is 1.67 bits per heavy atom. The predicted octanol–water partition coefficient (Wildman–Crippen LogP) is 1.85. The van der Waals surface area contributed by atoms with E-state index in [2.05, 4.69) is 56.2 Å². The first-order chi connectivity index (χ1) is 15.7. The first-order valence-corrected chi connectivity index (χ1v) is 12.1. The monoisotopic (exact) mass is 570 g/mol. The van der Waals surface area contributed by atoms with E-state index in [9.17, 15) is 4.79 Å². The molecule has 1 atom stereocenters. The second kappa shape index (κ2) is 12.8. The van der Waals surface area contributed by atoms with Crippen molar-refractivity contribution in [1.82, 2.24) is 20.0 Å². The Hall–Kier alpha value is -1.59. The number of hydrogen-bond donors (Lipinski definition) is 1. The smallest absolute Gasteiger partial charge is 0.239 e. The molecule has 184 valence electrons. The lowest BCUT2D eigenvalue weighted by Crippen LogP contribution is -2.57. The van der Waals surface area contributed by atoms with E-state index in [0.717, 1.165) is 90.9 Å². The van der Waals surface area contributed by atoms with Gasteiger partial charge in [0, 0.05) is 71.6 Å². The van der Waals surface area contributed by atoms with Gasteiger partial charge in [-0.25, -0.2) is 0 Å². The van der Waals surface area contributed by atoms with E-state index in [4.69, 9.17) is 4.74 Å². The second-order valence-corrected chi connectivity index (χ2v) is 8.86. The van der Waals surface area contributed by atoms with Crippen LogP contribution >= 0.6 is 24.0 Å². The van der Waals surface area contributed by atoms with Gasteiger partial charge in [0.05, 0.1) is 19.3 Å². The molecule has 0 bridgehead atoms. The fourth-order valence-corrected chi connectivity index (χ4v) is 4.96. The van der Waals surface area contributed by atoms with Gasteiger partial charge in [0.25, 0.3) is 0 Å². The number of anilines is 1. The van der Waals surface area contributed by atoms with Crippen LogP contribution in [0.25, 0.3) is 0 Å². The molecule has 3 saturated heterocycles. The number of carbonyl (C=O) groups excluding carboxylic acids is 1. The number of likely N-dealkylation sites (tertiary alicyclic amines) is 1. The highest BCUT2D eigenvalue weighted by atomic mass is 127. The van der Waals surface area contributed by atoms with Crippen molar-refractivity contribution in [3.63, 3.8) is 0 Å². The van der Waals surface area contributed by atoms with Crippen LogP contribution in [0, 0.1) is 0 Å². The van der Waals surface area contributed by atoms with E-state index in [1.807, 2.05) is 11.9 Å². The summed E-state index contributed by atoms with van der Waals surface area (Å²) in [5.41, 5.74) is 2.55. The number of ether oxygens (including phenoxy) is 1. The van der Waals surface area contributed by atoms with Crippen molar-refractivity contribution in [2.24, 2.45) is 4.99 Å². The molecule has 0 spiro atoms. The molecule has 8 nitrogen and oxygen atoms in total. The van der Waals surface area contributed by atoms with Crippen LogP contribution < -0.4 is 10.2 Å². The third-order valence-electron chi connectivity index (χ3n) is 6.93. The number of amides is 1. The van der Waals surface area contributed by atoms with E-state index in [0.29, 0.717) is 0 Å². The number of aliphatic imine (C=N–C) groups is 1. The maximum Gasteiger partial charge on any atom is 0.239 e. The number of guanidine groups is 1. The van der Waals surface area contributed by atoms with Crippen molar-refractivity contribution in [2.75, 3.05) is 77.5 Å². The molecule has 1 aromatic carbocycles. The van der Waals surface area contributed by atoms with Gasteiger partial charge < -0.3 is 24.8 Å². The van der Waals surface area contributed by atoms with Gasteiger partial charge in [-0.15, -0.1) is 24.0 Å². The van der Waals surface area contributed by atoms with Crippen molar-refractivity contribution >= 4 is 41.5 Å². The SMILES string of the molecule is CN=C(NCc1ccccc1N1CCOCC1)N1CCN(C(C)C(=O)N2CCCC2)CC1.I. The molecule has 0 aromatic heterocycles. The number of carbonyl (C=O) groups is 1. The van der Waals surface area contributed by atoms with E-state index < -0.39 is 0 Å². The molecule has 3 fully saturated rings. The number of piperazine rings is 1. The molecule has 1 unspecified atom stereocenters. The van der Waals surface area contributed by atoms with Gasteiger partial charge >= 0.3 is 0 Å². The minimum atomic E-state index is -0.0365. The Labute approximate surface area is 215 Å². The third-order valence-corrected chi connectivity index (χ3v) is 6.93. The maximum atomic E-state index is 12.8. The normalized spacial score (nSPS) is 21.0. The van der Waals surface area contributed by atoms with E-state index in [1.54, 1.807) is 0 Å². The summed E-state index contributed by atoms with van der Waals surface area (Å²) in [6.45, 7) is 11.6. The highest BCUT2D eigenvalue weighted by molar-refractivity contribution is 14.0. The first-order valence-electron chi connectivity index (χ1n) is 12.1. The van der Waals surface area contributed by atoms with Crippen molar-refractivity contribution in [1.29, 1.82) is 0 Å². The minimum Gasteiger partial charge on any atom is -0.378 e. The zero-order valence-electron chi connectivity index (χ0n) is 20.0. The van der Waals surface area contributed by atoms with Gasteiger partial charge in [-0.2, -0.15) is 0 Å². The average molecular weight is 571 g/mol. The summed E-state index contributed by atoms with van der Waals surface area (Å²) in [5.74, 6) is 1.22. The van der Waals surface area contributed by atoms with Crippen LogP contribution in [0.4, 0.5) is 5.69 Å². The molecular formula is C24H39IN6O2. The molecule has 0 saturated carbocycles. The summed E-state index contributed by atoms with van der Waals surface area (Å²) >= 11 is 0. The fraction of sp³-hybridized carbons (Fsp3) is 0.667. The van der Waals surface area contributed by atoms with Crippen molar-refractivity contribution in [3.05, 3.63) is 29.8 Å². The highest BCUT2D eigenvalue weighted by Crippen LogP contribution is 2.21. The summed E-state index contributed by atoms with van der Waals surface area (Å²) in [5, 5.41) is 3.57. The number of halogens is 1. The summed E-state index contributed by atoms with van der Waals surface area (Å²) in [6, 6.07) is 8.55. The Kier molecular flexibility index (Phi) is 10.1. The standard InChI is InChI=1S/C24H38N6O2.HI/c1-20(23(31)29-9-5-6-10-29)27-11-13-30(14-12-27)24(25-2)26-19-21-7-3-4-8-22(21)28-15-17-32-18-16-28;/h3-4,7-8,20H,5-6,9-19H2,1-2H3,(H,25,26);1H.